The molecule has 1 N–H and O–H groups in total. The van der Waals surface area contributed by atoms with Gasteiger partial charge in [0.1, 0.15) is 0 Å². The Bertz CT molecular complexity index is 305. The molecule has 128 valence electrons. The minimum Gasteiger partial charge on any atom is -0.373 e. The summed E-state index contributed by atoms with van der Waals surface area (Å²) in [5.41, 5.74) is 0.532. The quantitative estimate of drug-likeness (QED) is 0.665. The van der Waals surface area contributed by atoms with E-state index in [2.05, 4.69) is 81.5 Å². The lowest BCUT2D eigenvalue weighted by Gasteiger charge is -2.38. The van der Waals surface area contributed by atoms with Gasteiger partial charge in [-0.15, -0.1) is 0 Å². The van der Waals surface area contributed by atoms with Crippen molar-refractivity contribution in [2.45, 2.75) is 118 Å². The molecule has 1 unspecified atom stereocenters. The molecule has 0 heterocycles. The second-order valence-corrected chi connectivity index (χ2v) is 10.2. The fourth-order valence-electron chi connectivity index (χ4n) is 3.20. The van der Waals surface area contributed by atoms with E-state index in [1.807, 2.05) is 0 Å². The van der Waals surface area contributed by atoms with Crippen LogP contribution in [0.2, 0.25) is 0 Å². The third-order valence-corrected chi connectivity index (χ3v) is 3.49. The van der Waals surface area contributed by atoms with Crippen molar-refractivity contribution in [2.24, 2.45) is 5.41 Å². The Hall–Kier alpha value is -0.0800. The molecule has 0 fully saturated rings. The molecule has 0 radical (unpaired) electrons. The molecule has 0 aromatic rings. The minimum atomic E-state index is -0.0680. The van der Waals surface area contributed by atoms with Gasteiger partial charge in [-0.1, -0.05) is 20.8 Å². The van der Waals surface area contributed by atoms with E-state index in [9.17, 15) is 0 Å². The molecule has 0 aromatic heterocycles. The Morgan fingerprint density at radius 2 is 1.29 bits per heavy atom. The molecule has 0 aliphatic rings. The lowest BCUT2D eigenvalue weighted by Crippen LogP contribution is -2.51. The summed E-state index contributed by atoms with van der Waals surface area (Å²) in [6.07, 6.45) is 3.58. The predicted octanol–water partition coefficient (Wildman–Crippen LogP) is 5.55. The van der Waals surface area contributed by atoms with Gasteiger partial charge >= 0.3 is 0 Å². The summed E-state index contributed by atoms with van der Waals surface area (Å²) in [7, 11) is 0. The van der Waals surface area contributed by atoms with Crippen molar-refractivity contribution in [1.82, 2.24) is 5.32 Å². The number of hydrogen-bond acceptors (Lipinski definition) is 2. The van der Waals surface area contributed by atoms with Gasteiger partial charge in [-0.2, -0.15) is 0 Å². The topological polar surface area (TPSA) is 21.3 Å². The van der Waals surface area contributed by atoms with Crippen molar-refractivity contribution >= 4 is 0 Å². The normalized spacial score (nSPS) is 16.1. The third-order valence-electron chi connectivity index (χ3n) is 3.49. The SMILES string of the molecule is CC(CC(C)(C)C)OC(C)(C)CCC(C)(C)NC(C)(C)C. The first kappa shape index (κ1) is 20.9. The van der Waals surface area contributed by atoms with Crippen molar-refractivity contribution in [3.8, 4) is 0 Å². The molecule has 0 saturated carbocycles. The van der Waals surface area contributed by atoms with Gasteiger partial charge in [0.2, 0.25) is 0 Å². The fraction of sp³-hybridized carbons (Fsp3) is 1.00. The average molecular weight is 300 g/mol. The van der Waals surface area contributed by atoms with Gasteiger partial charge in [0.05, 0.1) is 11.7 Å². The molecule has 2 heteroatoms. The molecule has 2 nitrogen and oxygen atoms in total. The molecule has 0 amide bonds. The summed E-state index contributed by atoms with van der Waals surface area (Å²) in [4.78, 5) is 0. The molecule has 21 heavy (non-hydrogen) atoms. The fourth-order valence-corrected chi connectivity index (χ4v) is 3.20. The van der Waals surface area contributed by atoms with Crippen LogP contribution in [-0.2, 0) is 4.74 Å². The van der Waals surface area contributed by atoms with Crippen LogP contribution in [0.15, 0.2) is 0 Å². The molecule has 0 aromatic carbocycles. The zero-order valence-corrected chi connectivity index (χ0v) is 16.6. The van der Waals surface area contributed by atoms with Gasteiger partial charge in [0.15, 0.2) is 0 Å². The first-order valence-electron chi connectivity index (χ1n) is 8.49. The molecule has 1 atom stereocenters. The van der Waals surface area contributed by atoms with E-state index >= 15 is 0 Å². The van der Waals surface area contributed by atoms with Crippen molar-refractivity contribution in [2.75, 3.05) is 0 Å². The maximum Gasteiger partial charge on any atom is 0.0630 e. The lowest BCUT2D eigenvalue weighted by molar-refractivity contribution is -0.0841. The van der Waals surface area contributed by atoms with Crippen LogP contribution < -0.4 is 5.32 Å². The van der Waals surface area contributed by atoms with Crippen molar-refractivity contribution in [3.05, 3.63) is 0 Å². The zero-order chi connectivity index (χ0) is 17.1. The van der Waals surface area contributed by atoms with E-state index in [-0.39, 0.29) is 16.7 Å². The molecule has 0 aliphatic heterocycles. The van der Waals surface area contributed by atoms with Gasteiger partial charge < -0.3 is 10.1 Å². The summed E-state index contributed by atoms with van der Waals surface area (Å²) in [5.74, 6) is 0. The second-order valence-electron chi connectivity index (χ2n) is 10.2. The number of hydrogen-bond donors (Lipinski definition) is 1. The Morgan fingerprint density at radius 1 is 0.810 bits per heavy atom. The summed E-state index contributed by atoms with van der Waals surface area (Å²) < 4.78 is 6.31. The average Bonchev–Trinajstić information content (AvgIpc) is 2.06. The molecule has 0 saturated heterocycles. The Kier molecular flexibility index (Phi) is 6.97. The standard InChI is InChI=1S/C19H41NO/c1-15(14-16(2,3)4)21-19(10,11)13-12-18(8,9)20-17(5,6)7/h15,20H,12-14H2,1-11H3. The van der Waals surface area contributed by atoms with Crippen LogP contribution in [0.25, 0.3) is 0 Å². The summed E-state index contributed by atoms with van der Waals surface area (Å²) in [6, 6.07) is 0. The Labute approximate surface area is 134 Å². The van der Waals surface area contributed by atoms with Crippen molar-refractivity contribution in [3.63, 3.8) is 0 Å². The summed E-state index contributed by atoms with van der Waals surface area (Å²) >= 11 is 0. The maximum atomic E-state index is 6.31. The van der Waals surface area contributed by atoms with Gasteiger partial charge in [-0.25, -0.2) is 0 Å². The Morgan fingerprint density at radius 3 is 1.67 bits per heavy atom. The summed E-state index contributed by atoms with van der Waals surface area (Å²) in [6.45, 7) is 24.7. The first-order valence-corrected chi connectivity index (χ1v) is 8.49. The molecule has 0 spiro atoms. The first-order chi connectivity index (χ1) is 9.02. The van der Waals surface area contributed by atoms with E-state index in [1.54, 1.807) is 0 Å². The monoisotopic (exact) mass is 299 g/mol. The third kappa shape index (κ3) is 12.2. The van der Waals surface area contributed by atoms with E-state index in [1.165, 1.54) is 0 Å². The zero-order valence-electron chi connectivity index (χ0n) is 16.6. The highest BCUT2D eigenvalue weighted by atomic mass is 16.5. The maximum absolute atomic E-state index is 6.31. The van der Waals surface area contributed by atoms with E-state index < -0.39 is 0 Å². The van der Waals surface area contributed by atoms with Gasteiger partial charge in [-0.05, 0) is 80.1 Å². The van der Waals surface area contributed by atoms with Gasteiger partial charge in [0.25, 0.3) is 0 Å². The number of nitrogens with one attached hydrogen (secondary N) is 1. The van der Waals surface area contributed by atoms with Crippen LogP contribution in [0, 0.1) is 5.41 Å². The minimum absolute atomic E-state index is 0.0680. The largest absolute Gasteiger partial charge is 0.373 e. The lowest BCUT2D eigenvalue weighted by atomic mass is 9.87. The smallest absolute Gasteiger partial charge is 0.0630 e. The second kappa shape index (κ2) is 7.00. The van der Waals surface area contributed by atoms with Crippen molar-refractivity contribution < 1.29 is 4.74 Å². The van der Waals surface area contributed by atoms with Crippen LogP contribution in [0.4, 0.5) is 0 Å². The number of rotatable bonds is 7. The van der Waals surface area contributed by atoms with Gasteiger partial charge in [0, 0.05) is 11.1 Å². The van der Waals surface area contributed by atoms with Gasteiger partial charge in [-0.3, -0.25) is 0 Å². The van der Waals surface area contributed by atoms with Crippen LogP contribution in [-0.4, -0.2) is 22.8 Å². The van der Waals surface area contributed by atoms with Crippen LogP contribution in [0.5, 0.6) is 0 Å². The highest BCUT2D eigenvalue weighted by Crippen LogP contribution is 2.29. The Balaban J connectivity index is 4.41. The van der Waals surface area contributed by atoms with Crippen LogP contribution >= 0.6 is 0 Å². The molecular weight excluding hydrogens is 258 g/mol. The van der Waals surface area contributed by atoms with Crippen LogP contribution in [0.3, 0.4) is 0 Å². The van der Waals surface area contributed by atoms with Crippen LogP contribution in [0.1, 0.15) is 95.4 Å². The van der Waals surface area contributed by atoms with E-state index in [0.29, 0.717) is 11.5 Å². The van der Waals surface area contributed by atoms with Crippen molar-refractivity contribution in [1.29, 1.82) is 0 Å². The highest BCUT2D eigenvalue weighted by molar-refractivity contribution is 4.87. The summed E-state index contributed by atoms with van der Waals surface area (Å²) in [5, 5.41) is 3.70. The number of ether oxygens (including phenoxy) is 1. The molecule has 0 rings (SSSR count). The molecular formula is C19H41NO. The van der Waals surface area contributed by atoms with E-state index in [4.69, 9.17) is 4.74 Å². The van der Waals surface area contributed by atoms with E-state index in [0.717, 1.165) is 19.3 Å². The molecule has 0 bridgehead atoms. The highest BCUT2D eigenvalue weighted by Gasteiger charge is 2.29. The molecule has 0 aliphatic carbocycles. The predicted molar refractivity (Wildman–Crippen MR) is 94.9 cm³/mol.